The normalized spacial score (nSPS) is 46.6. The van der Waals surface area contributed by atoms with Gasteiger partial charge in [0.25, 0.3) is 0 Å². The number of aliphatic hydroxyl groups is 2. The Bertz CT molecular complexity index is 753. The minimum atomic E-state index is -0.833. The average molecular weight is 429 g/mol. The van der Waals surface area contributed by atoms with Gasteiger partial charge in [0.1, 0.15) is 0 Å². The maximum Gasteiger partial charge on any atom is 0.155 e. The van der Waals surface area contributed by atoms with E-state index in [0.717, 1.165) is 32.1 Å². The van der Waals surface area contributed by atoms with Gasteiger partial charge in [-0.05, 0) is 85.5 Å². The van der Waals surface area contributed by atoms with Crippen molar-refractivity contribution >= 4 is 5.78 Å². The first-order valence-corrected chi connectivity index (χ1v) is 12.8. The third-order valence-electron chi connectivity index (χ3n) is 10.8. The average Bonchev–Trinajstić information content (AvgIpc) is 3.00. The number of hydrogen-bond donors (Lipinski definition) is 2. The van der Waals surface area contributed by atoms with Crippen LogP contribution in [0.4, 0.5) is 0 Å². The number of rotatable bonds is 5. The lowest BCUT2D eigenvalue weighted by molar-refractivity contribution is -0.159. The molecule has 2 N–H and O–H groups in total. The molecule has 0 heterocycles. The number of ketones is 1. The van der Waals surface area contributed by atoms with E-state index < -0.39 is 5.60 Å². The molecule has 9 atom stereocenters. The van der Waals surface area contributed by atoms with Crippen molar-refractivity contribution in [2.24, 2.45) is 52.3 Å². The Labute approximate surface area is 189 Å². The number of carbonyl (C=O) groups is 1. The van der Waals surface area contributed by atoms with Gasteiger partial charge < -0.3 is 10.2 Å². The molecule has 0 aromatic rings. The first-order chi connectivity index (χ1) is 14.6. The molecule has 174 valence electrons. The van der Waals surface area contributed by atoms with Crippen LogP contribution < -0.4 is 0 Å². The first kappa shape index (κ1) is 23.2. The van der Waals surface area contributed by atoms with Crippen LogP contribution in [0, 0.1) is 52.3 Å². The zero-order valence-electron chi connectivity index (χ0n) is 20.3. The summed E-state index contributed by atoms with van der Waals surface area (Å²) in [5, 5.41) is 22.4. The van der Waals surface area contributed by atoms with Gasteiger partial charge >= 0.3 is 0 Å². The van der Waals surface area contributed by atoms with Crippen molar-refractivity contribution in [3.8, 4) is 0 Å². The molecule has 31 heavy (non-hydrogen) atoms. The zero-order chi connectivity index (χ0) is 22.6. The van der Waals surface area contributed by atoms with Crippen LogP contribution in [0.2, 0.25) is 0 Å². The van der Waals surface area contributed by atoms with E-state index in [1.54, 1.807) is 0 Å². The SMILES string of the molecule is CC(C)[C@@H](C)/C=C/[C@@H](CO)[C@@]1(O)CC[C@H]2[C@H]3CC[C@H]4CC(=O)C=C[C@]4(C)[C@H]3CC[C@@]21C. The lowest BCUT2D eigenvalue weighted by Gasteiger charge is -2.60. The van der Waals surface area contributed by atoms with Crippen molar-refractivity contribution < 1.29 is 15.0 Å². The Hall–Kier alpha value is -0.930. The quantitative estimate of drug-likeness (QED) is 0.564. The monoisotopic (exact) mass is 428 g/mol. The Kier molecular flexibility index (Phi) is 6.10. The predicted molar refractivity (Wildman–Crippen MR) is 125 cm³/mol. The molecule has 0 spiro atoms. The van der Waals surface area contributed by atoms with Gasteiger partial charge in [-0.3, -0.25) is 4.79 Å². The highest BCUT2D eigenvalue weighted by Gasteiger charge is 2.65. The van der Waals surface area contributed by atoms with Crippen LogP contribution in [-0.4, -0.2) is 28.2 Å². The molecule has 3 fully saturated rings. The van der Waals surface area contributed by atoms with Gasteiger partial charge in [0.15, 0.2) is 5.78 Å². The summed E-state index contributed by atoms with van der Waals surface area (Å²) in [6, 6.07) is 0. The fourth-order valence-corrected chi connectivity index (χ4v) is 8.20. The van der Waals surface area contributed by atoms with Gasteiger partial charge in [-0.25, -0.2) is 0 Å². The standard InChI is InChI=1S/C28H44O3/c1-18(2)19(3)6-7-21(17-29)28(31)15-12-25-23-9-8-20-16-22(30)10-13-26(20,4)24(23)11-14-27(25,28)5/h6-7,10,13,18-21,23-25,29,31H,8-9,11-12,14-17H2,1-5H3/b7-6+/t19-,20-,21-,23-,24-,25-,26-,27-,28-/m0/s1. The smallest absolute Gasteiger partial charge is 0.155 e. The molecule has 4 aliphatic carbocycles. The molecular formula is C28H44O3. The predicted octanol–water partition coefficient (Wildman–Crippen LogP) is 5.56. The molecule has 0 amide bonds. The minimum absolute atomic E-state index is 0.0128. The second-order valence-electron chi connectivity index (χ2n) is 12.2. The van der Waals surface area contributed by atoms with E-state index in [9.17, 15) is 15.0 Å². The molecule has 3 nitrogen and oxygen atoms in total. The van der Waals surface area contributed by atoms with Crippen molar-refractivity contribution in [1.29, 1.82) is 0 Å². The van der Waals surface area contributed by atoms with Gasteiger partial charge in [-0.15, -0.1) is 0 Å². The molecule has 0 aliphatic heterocycles. The van der Waals surface area contributed by atoms with E-state index in [1.165, 1.54) is 6.42 Å². The fourth-order valence-electron chi connectivity index (χ4n) is 8.20. The summed E-state index contributed by atoms with van der Waals surface area (Å²) in [5.74, 6) is 3.31. The lowest BCUT2D eigenvalue weighted by atomic mass is 9.45. The first-order valence-electron chi connectivity index (χ1n) is 12.8. The number of carbonyl (C=O) groups excluding carboxylic acids is 1. The number of hydrogen-bond acceptors (Lipinski definition) is 3. The summed E-state index contributed by atoms with van der Waals surface area (Å²) in [7, 11) is 0. The molecular weight excluding hydrogens is 384 g/mol. The Morgan fingerprint density at radius 1 is 1.06 bits per heavy atom. The Morgan fingerprint density at radius 3 is 2.45 bits per heavy atom. The van der Waals surface area contributed by atoms with Crippen LogP contribution in [0.5, 0.6) is 0 Å². The molecule has 3 heteroatoms. The van der Waals surface area contributed by atoms with Crippen molar-refractivity contribution in [3.63, 3.8) is 0 Å². The van der Waals surface area contributed by atoms with Crippen LogP contribution in [0.3, 0.4) is 0 Å². The summed E-state index contributed by atoms with van der Waals surface area (Å²) in [4.78, 5) is 12.0. The van der Waals surface area contributed by atoms with Crippen molar-refractivity contribution in [1.82, 2.24) is 0 Å². The maximum atomic E-state index is 12.1. The van der Waals surface area contributed by atoms with Crippen LogP contribution in [0.15, 0.2) is 24.3 Å². The fraction of sp³-hybridized carbons (Fsp3) is 0.821. The molecule has 4 rings (SSSR count). The number of aliphatic hydroxyl groups excluding tert-OH is 1. The molecule has 0 saturated heterocycles. The molecule has 0 radical (unpaired) electrons. The third-order valence-corrected chi connectivity index (χ3v) is 10.8. The largest absolute Gasteiger partial charge is 0.396 e. The van der Waals surface area contributed by atoms with Crippen LogP contribution in [-0.2, 0) is 4.79 Å². The van der Waals surface area contributed by atoms with E-state index in [4.69, 9.17) is 0 Å². The van der Waals surface area contributed by atoms with Crippen molar-refractivity contribution in [3.05, 3.63) is 24.3 Å². The van der Waals surface area contributed by atoms with Crippen LogP contribution in [0.1, 0.15) is 79.6 Å². The van der Waals surface area contributed by atoms with Gasteiger partial charge in [0.05, 0.1) is 12.2 Å². The second kappa shape index (κ2) is 8.13. The molecule has 0 bridgehead atoms. The summed E-state index contributed by atoms with van der Waals surface area (Å²) in [6.45, 7) is 11.4. The minimum Gasteiger partial charge on any atom is -0.396 e. The summed E-state index contributed by atoms with van der Waals surface area (Å²) in [5.41, 5.74) is -0.854. The van der Waals surface area contributed by atoms with Crippen LogP contribution in [0.25, 0.3) is 0 Å². The van der Waals surface area contributed by atoms with Gasteiger partial charge in [0.2, 0.25) is 0 Å². The molecule has 4 aliphatic rings. The van der Waals surface area contributed by atoms with E-state index in [1.807, 2.05) is 6.08 Å². The summed E-state index contributed by atoms with van der Waals surface area (Å²) in [6.07, 6.45) is 15.4. The van der Waals surface area contributed by atoms with E-state index in [2.05, 4.69) is 52.8 Å². The highest BCUT2D eigenvalue weighted by atomic mass is 16.3. The molecule has 0 unspecified atom stereocenters. The molecule has 0 aromatic heterocycles. The summed E-state index contributed by atoms with van der Waals surface area (Å²) < 4.78 is 0. The van der Waals surface area contributed by atoms with Crippen LogP contribution >= 0.6 is 0 Å². The maximum absolute atomic E-state index is 12.1. The Morgan fingerprint density at radius 2 is 1.77 bits per heavy atom. The number of allylic oxidation sites excluding steroid dienone is 3. The molecule has 3 saturated carbocycles. The molecule has 0 aromatic carbocycles. The van der Waals surface area contributed by atoms with Crippen molar-refractivity contribution in [2.75, 3.05) is 6.61 Å². The van der Waals surface area contributed by atoms with E-state index in [-0.39, 0.29) is 23.4 Å². The topological polar surface area (TPSA) is 57.5 Å². The third kappa shape index (κ3) is 3.50. The number of fused-ring (bicyclic) bond motifs is 5. The van der Waals surface area contributed by atoms with E-state index in [0.29, 0.717) is 47.7 Å². The van der Waals surface area contributed by atoms with Gasteiger partial charge in [0, 0.05) is 17.8 Å². The second-order valence-corrected chi connectivity index (χ2v) is 12.2. The highest BCUT2D eigenvalue weighted by molar-refractivity contribution is 5.91. The summed E-state index contributed by atoms with van der Waals surface area (Å²) >= 11 is 0. The van der Waals surface area contributed by atoms with Gasteiger partial charge in [-0.2, -0.15) is 0 Å². The zero-order valence-corrected chi connectivity index (χ0v) is 20.3. The lowest BCUT2D eigenvalue weighted by Crippen LogP contribution is -2.58. The highest BCUT2D eigenvalue weighted by Crippen LogP contribution is 2.68. The van der Waals surface area contributed by atoms with Crippen molar-refractivity contribution in [2.45, 2.75) is 85.2 Å². The van der Waals surface area contributed by atoms with Gasteiger partial charge in [-0.1, -0.05) is 52.8 Å². The Balaban J connectivity index is 1.60. The van der Waals surface area contributed by atoms with E-state index >= 15 is 0 Å².